The average molecular weight is 267 g/mol. The predicted molar refractivity (Wildman–Crippen MR) is 51.2 cm³/mol. The Morgan fingerprint density at radius 2 is 2.30 bits per heavy atom. The van der Waals surface area contributed by atoms with E-state index in [0.29, 0.717) is 5.88 Å². The Morgan fingerprint density at radius 1 is 1.60 bits per heavy atom. The van der Waals surface area contributed by atoms with E-state index in [0.717, 1.165) is 15.0 Å². The van der Waals surface area contributed by atoms with Crippen molar-refractivity contribution >= 4 is 34.2 Å². The van der Waals surface area contributed by atoms with Gasteiger partial charge in [-0.2, -0.15) is 0 Å². The lowest BCUT2D eigenvalue weighted by Gasteiger charge is -1.99. The zero-order chi connectivity index (χ0) is 7.56. The van der Waals surface area contributed by atoms with E-state index in [4.69, 9.17) is 11.6 Å². The molecule has 0 unspecified atom stereocenters. The maximum atomic E-state index is 5.64. The highest BCUT2D eigenvalue weighted by molar-refractivity contribution is 14.1. The highest BCUT2D eigenvalue weighted by atomic mass is 127. The summed E-state index contributed by atoms with van der Waals surface area (Å²) in [4.78, 5) is 4.25. The number of aryl methyl sites for hydroxylation is 1. The molecule has 0 aromatic carbocycles. The molecule has 0 aliphatic heterocycles. The van der Waals surface area contributed by atoms with Gasteiger partial charge in [-0.05, 0) is 41.1 Å². The third kappa shape index (κ3) is 1.83. The minimum Gasteiger partial charge on any atom is -0.247 e. The average Bonchev–Trinajstić information content (AvgIpc) is 1.88. The van der Waals surface area contributed by atoms with Gasteiger partial charge in [0.05, 0.1) is 0 Å². The van der Waals surface area contributed by atoms with Gasteiger partial charge in [-0.3, -0.25) is 0 Å². The molecule has 0 spiro atoms. The molecule has 1 heterocycles. The number of alkyl halides is 1. The molecule has 0 amide bonds. The van der Waals surface area contributed by atoms with Crippen LogP contribution in [0.1, 0.15) is 11.3 Å². The molecule has 10 heavy (non-hydrogen) atoms. The second-order valence-electron chi connectivity index (χ2n) is 2.01. The van der Waals surface area contributed by atoms with Gasteiger partial charge in [0.2, 0.25) is 0 Å². The van der Waals surface area contributed by atoms with Crippen molar-refractivity contribution < 1.29 is 0 Å². The van der Waals surface area contributed by atoms with Crippen LogP contribution >= 0.6 is 34.2 Å². The van der Waals surface area contributed by atoms with E-state index in [9.17, 15) is 0 Å². The number of nitrogens with zero attached hydrogens (tertiary/aromatic N) is 1. The molecule has 0 aliphatic carbocycles. The molecule has 1 rings (SSSR count). The van der Waals surface area contributed by atoms with Crippen LogP contribution in [0.15, 0.2) is 12.1 Å². The normalized spacial score (nSPS) is 9.90. The fourth-order valence-electron chi connectivity index (χ4n) is 0.700. The number of halogens is 2. The van der Waals surface area contributed by atoms with Crippen molar-refractivity contribution in [1.29, 1.82) is 0 Å². The summed E-state index contributed by atoms with van der Waals surface area (Å²) in [5.74, 6) is 0.551. The van der Waals surface area contributed by atoms with Crippen molar-refractivity contribution in [3.8, 4) is 0 Å². The molecular weight excluding hydrogens is 260 g/mol. The molecule has 3 heteroatoms. The molecule has 0 atom stereocenters. The quantitative estimate of drug-likeness (QED) is 0.433. The van der Waals surface area contributed by atoms with E-state index >= 15 is 0 Å². The van der Waals surface area contributed by atoms with Crippen molar-refractivity contribution in [3.05, 3.63) is 27.1 Å². The number of aromatic nitrogens is 1. The standard InChI is InChI=1S/C7H7ClIN/c1-5-6(4-8)2-3-7(9)10-5/h2-3H,4H2,1H3. The molecule has 0 saturated carbocycles. The molecule has 1 aromatic heterocycles. The van der Waals surface area contributed by atoms with Crippen LogP contribution in [-0.4, -0.2) is 4.98 Å². The van der Waals surface area contributed by atoms with Crippen LogP contribution in [-0.2, 0) is 5.88 Å². The topological polar surface area (TPSA) is 12.9 Å². The van der Waals surface area contributed by atoms with Crippen LogP contribution in [0.4, 0.5) is 0 Å². The van der Waals surface area contributed by atoms with Gasteiger partial charge in [-0.25, -0.2) is 4.98 Å². The molecule has 0 bridgehead atoms. The van der Waals surface area contributed by atoms with Crippen molar-refractivity contribution in [1.82, 2.24) is 4.98 Å². The lowest BCUT2D eigenvalue weighted by atomic mass is 10.2. The van der Waals surface area contributed by atoms with Gasteiger partial charge in [0, 0.05) is 11.6 Å². The van der Waals surface area contributed by atoms with E-state index in [1.165, 1.54) is 0 Å². The maximum Gasteiger partial charge on any atom is 0.101 e. The molecule has 0 fully saturated rings. The fourth-order valence-corrected chi connectivity index (χ4v) is 1.52. The number of pyridine rings is 1. The van der Waals surface area contributed by atoms with Gasteiger partial charge in [-0.15, -0.1) is 11.6 Å². The molecule has 54 valence electrons. The summed E-state index contributed by atoms with van der Waals surface area (Å²) in [6.07, 6.45) is 0. The summed E-state index contributed by atoms with van der Waals surface area (Å²) in [7, 11) is 0. The summed E-state index contributed by atoms with van der Waals surface area (Å²) in [6, 6.07) is 3.97. The molecule has 0 aliphatic rings. The van der Waals surface area contributed by atoms with Gasteiger partial charge in [0.25, 0.3) is 0 Å². The maximum absolute atomic E-state index is 5.64. The molecule has 0 radical (unpaired) electrons. The Kier molecular flexibility index (Phi) is 2.92. The SMILES string of the molecule is Cc1nc(I)ccc1CCl. The number of hydrogen-bond acceptors (Lipinski definition) is 1. The Morgan fingerprint density at radius 3 is 2.80 bits per heavy atom. The highest BCUT2D eigenvalue weighted by Crippen LogP contribution is 2.10. The third-order valence-electron chi connectivity index (χ3n) is 1.31. The van der Waals surface area contributed by atoms with Crippen LogP contribution in [0.25, 0.3) is 0 Å². The van der Waals surface area contributed by atoms with Gasteiger partial charge in [-0.1, -0.05) is 6.07 Å². The first-order chi connectivity index (χ1) is 4.74. The molecule has 1 aromatic rings. The van der Waals surface area contributed by atoms with Crippen LogP contribution < -0.4 is 0 Å². The molecular formula is C7H7ClIN. The van der Waals surface area contributed by atoms with Crippen LogP contribution in [0.2, 0.25) is 0 Å². The number of hydrogen-bond donors (Lipinski definition) is 0. The smallest absolute Gasteiger partial charge is 0.101 e. The zero-order valence-corrected chi connectivity index (χ0v) is 8.48. The lowest BCUT2D eigenvalue weighted by Crippen LogP contribution is -1.90. The second-order valence-corrected chi connectivity index (χ2v) is 3.38. The fraction of sp³-hybridized carbons (Fsp3) is 0.286. The summed E-state index contributed by atoms with van der Waals surface area (Å²) < 4.78 is 1.02. The van der Waals surface area contributed by atoms with E-state index in [1.54, 1.807) is 0 Å². The summed E-state index contributed by atoms with van der Waals surface area (Å²) in [5, 5.41) is 0. The van der Waals surface area contributed by atoms with Crippen molar-refractivity contribution in [3.63, 3.8) is 0 Å². The van der Waals surface area contributed by atoms with Crippen molar-refractivity contribution in [2.75, 3.05) is 0 Å². The highest BCUT2D eigenvalue weighted by Gasteiger charge is 1.96. The van der Waals surface area contributed by atoms with Crippen LogP contribution in [0.5, 0.6) is 0 Å². The molecule has 0 saturated heterocycles. The van der Waals surface area contributed by atoms with Gasteiger partial charge >= 0.3 is 0 Å². The Hall–Kier alpha value is 0.170. The predicted octanol–water partition coefficient (Wildman–Crippen LogP) is 2.73. The monoisotopic (exact) mass is 267 g/mol. The van der Waals surface area contributed by atoms with E-state index in [1.807, 2.05) is 19.1 Å². The first kappa shape index (κ1) is 8.27. The Balaban J connectivity index is 3.07. The van der Waals surface area contributed by atoms with Crippen molar-refractivity contribution in [2.45, 2.75) is 12.8 Å². The second kappa shape index (κ2) is 3.53. The lowest BCUT2D eigenvalue weighted by molar-refractivity contribution is 1.11. The zero-order valence-electron chi connectivity index (χ0n) is 5.56. The Bertz CT molecular complexity index is 237. The summed E-state index contributed by atoms with van der Waals surface area (Å²) in [5.41, 5.74) is 2.14. The Labute approximate surface area is 78.9 Å². The summed E-state index contributed by atoms with van der Waals surface area (Å²) >= 11 is 7.83. The van der Waals surface area contributed by atoms with Crippen LogP contribution in [0, 0.1) is 10.6 Å². The number of rotatable bonds is 1. The van der Waals surface area contributed by atoms with Crippen LogP contribution in [0.3, 0.4) is 0 Å². The van der Waals surface area contributed by atoms with E-state index in [2.05, 4.69) is 27.6 Å². The first-order valence-corrected chi connectivity index (χ1v) is 4.53. The van der Waals surface area contributed by atoms with Gasteiger partial charge in [0.1, 0.15) is 3.70 Å². The molecule has 0 N–H and O–H groups in total. The largest absolute Gasteiger partial charge is 0.247 e. The summed E-state index contributed by atoms with van der Waals surface area (Å²) in [6.45, 7) is 1.97. The van der Waals surface area contributed by atoms with E-state index in [-0.39, 0.29) is 0 Å². The minimum absolute atomic E-state index is 0.551. The minimum atomic E-state index is 0.551. The third-order valence-corrected chi connectivity index (χ3v) is 2.19. The van der Waals surface area contributed by atoms with Crippen molar-refractivity contribution in [2.24, 2.45) is 0 Å². The van der Waals surface area contributed by atoms with Gasteiger partial charge < -0.3 is 0 Å². The van der Waals surface area contributed by atoms with E-state index < -0.39 is 0 Å². The molecule has 1 nitrogen and oxygen atoms in total. The van der Waals surface area contributed by atoms with Gasteiger partial charge in [0.15, 0.2) is 0 Å². The first-order valence-electron chi connectivity index (χ1n) is 2.92.